The molecule has 4 heteroatoms. The minimum Gasteiger partial charge on any atom is -0.384 e. The van der Waals surface area contributed by atoms with Crippen molar-refractivity contribution in [1.29, 1.82) is 0 Å². The topological polar surface area (TPSA) is 55.4 Å². The van der Waals surface area contributed by atoms with E-state index in [1.165, 1.54) is 0 Å². The van der Waals surface area contributed by atoms with Gasteiger partial charge in [0, 0.05) is 18.9 Å². The molecule has 0 bridgehead atoms. The van der Waals surface area contributed by atoms with E-state index in [4.69, 9.17) is 4.74 Å². The van der Waals surface area contributed by atoms with Crippen LogP contribution in [0.2, 0.25) is 0 Å². The SMILES string of the molecule is CCC1(COC)CC(=O)NC(=O)C1c1ccc(C)cc1. The van der Waals surface area contributed by atoms with Gasteiger partial charge in [-0.25, -0.2) is 0 Å². The molecule has 1 heterocycles. The van der Waals surface area contributed by atoms with Gasteiger partial charge >= 0.3 is 0 Å². The predicted octanol–water partition coefficient (Wildman–Crippen LogP) is 2.17. The second-order valence-electron chi connectivity index (χ2n) is 5.58. The van der Waals surface area contributed by atoms with Gasteiger partial charge in [0.1, 0.15) is 0 Å². The molecule has 0 saturated carbocycles. The highest BCUT2D eigenvalue weighted by Gasteiger charge is 2.48. The lowest BCUT2D eigenvalue weighted by Gasteiger charge is -2.41. The predicted molar refractivity (Wildman–Crippen MR) is 76.3 cm³/mol. The Labute approximate surface area is 119 Å². The molecule has 1 aromatic carbocycles. The number of aryl methyl sites for hydroxylation is 1. The van der Waals surface area contributed by atoms with Gasteiger partial charge in [0.2, 0.25) is 11.8 Å². The number of hydrogen-bond donors (Lipinski definition) is 1. The molecular formula is C16H21NO3. The van der Waals surface area contributed by atoms with Crippen LogP contribution in [0.4, 0.5) is 0 Å². The van der Waals surface area contributed by atoms with Crippen molar-refractivity contribution >= 4 is 11.8 Å². The van der Waals surface area contributed by atoms with E-state index < -0.39 is 5.41 Å². The third kappa shape index (κ3) is 2.61. The average Bonchev–Trinajstić information content (AvgIpc) is 2.40. The molecule has 1 saturated heterocycles. The van der Waals surface area contributed by atoms with Crippen LogP contribution in [-0.4, -0.2) is 25.5 Å². The zero-order valence-electron chi connectivity index (χ0n) is 12.2. The lowest BCUT2D eigenvalue weighted by atomic mass is 9.66. The summed E-state index contributed by atoms with van der Waals surface area (Å²) >= 11 is 0. The summed E-state index contributed by atoms with van der Waals surface area (Å²) in [5.41, 5.74) is 1.64. The van der Waals surface area contributed by atoms with E-state index in [9.17, 15) is 9.59 Å². The van der Waals surface area contributed by atoms with Gasteiger partial charge in [0.15, 0.2) is 0 Å². The van der Waals surface area contributed by atoms with Gasteiger partial charge in [-0.3, -0.25) is 14.9 Å². The van der Waals surface area contributed by atoms with E-state index in [1.807, 2.05) is 38.1 Å². The van der Waals surface area contributed by atoms with Crippen LogP contribution in [0.15, 0.2) is 24.3 Å². The standard InChI is InChI=1S/C16H21NO3/c1-4-16(10-20-3)9-13(18)17-15(19)14(16)12-7-5-11(2)6-8-12/h5-8,14H,4,9-10H2,1-3H3,(H,17,18,19). The first-order valence-corrected chi connectivity index (χ1v) is 6.91. The molecule has 4 nitrogen and oxygen atoms in total. The molecule has 0 aliphatic carbocycles. The van der Waals surface area contributed by atoms with Crippen molar-refractivity contribution in [2.75, 3.05) is 13.7 Å². The van der Waals surface area contributed by atoms with Crippen LogP contribution in [-0.2, 0) is 14.3 Å². The molecular weight excluding hydrogens is 254 g/mol. The number of hydrogen-bond acceptors (Lipinski definition) is 3. The van der Waals surface area contributed by atoms with E-state index >= 15 is 0 Å². The zero-order chi connectivity index (χ0) is 14.8. The molecule has 108 valence electrons. The van der Waals surface area contributed by atoms with Gasteiger partial charge in [-0.2, -0.15) is 0 Å². The summed E-state index contributed by atoms with van der Waals surface area (Å²) in [6, 6.07) is 7.92. The highest BCUT2D eigenvalue weighted by molar-refractivity contribution is 6.02. The third-order valence-electron chi connectivity index (χ3n) is 4.20. The van der Waals surface area contributed by atoms with Crippen LogP contribution in [0.5, 0.6) is 0 Å². The highest BCUT2D eigenvalue weighted by atomic mass is 16.5. The summed E-state index contributed by atoms with van der Waals surface area (Å²) in [7, 11) is 1.61. The lowest BCUT2D eigenvalue weighted by molar-refractivity contribution is -0.142. The Bertz CT molecular complexity index is 509. The Morgan fingerprint density at radius 1 is 1.30 bits per heavy atom. The highest BCUT2D eigenvalue weighted by Crippen LogP contribution is 2.44. The minimum atomic E-state index is -0.455. The molecule has 20 heavy (non-hydrogen) atoms. The van der Waals surface area contributed by atoms with Crippen molar-refractivity contribution in [2.45, 2.75) is 32.6 Å². The number of benzene rings is 1. The van der Waals surface area contributed by atoms with E-state index in [2.05, 4.69) is 5.32 Å². The molecule has 1 aliphatic heterocycles. The molecule has 2 unspecified atom stereocenters. The second-order valence-corrected chi connectivity index (χ2v) is 5.58. The Morgan fingerprint density at radius 2 is 1.95 bits per heavy atom. The molecule has 2 amide bonds. The number of methoxy groups -OCH3 is 1. The molecule has 1 aliphatic rings. The van der Waals surface area contributed by atoms with Crippen molar-refractivity contribution < 1.29 is 14.3 Å². The Hall–Kier alpha value is -1.68. The summed E-state index contributed by atoms with van der Waals surface area (Å²) in [5.74, 6) is -0.771. The average molecular weight is 275 g/mol. The quantitative estimate of drug-likeness (QED) is 0.857. The fraction of sp³-hybridized carbons (Fsp3) is 0.500. The number of carbonyl (C=O) groups is 2. The smallest absolute Gasteiger partial charge is 0.234 e. The zero-order valence-corrected chi connectivity index (χ0v) is 12.2. The monoisotopic (exact) mass is 275 g/mol. The second kappa shape index (κ2) is 5.75. The number of imide groups is 1. The number of nitrogens with one attached hydrogen (secondary N) is 1. The number of ether oxygens (including phenoxy) is 1. The number of piperidine rings is 1. The lowest BCUT2D eigenvalue weighted by Crippen LogP contribution is -2.52. The van der Waals surface area contributed by atoms with Gasteiger partial charge in [-0.05, 0) is 18.9 Å². The Morgan fingerprint density at radius 3 is 2.50 bits per heavy atom. The van der Waals surface area contributed by atoms with E-state index in [0.717, 1.165) is 17.5 Å². The minimum absolute atomic E-state index is 0.211. The van der Waals surface area contributed by atoms with Crippen molar-refractivity contribution in [3.63, 3.8) is 0 Å². The van der Waals surface area contributed by atoms with E-state index in [-0.39, 0.29) is 17.7 Å². The van der Waals surface area contributed by atoms with Crippen LogP contribution < -0.4 is 5.32 Å². The van der Waals surface area contributed by atoms with E-state index in [1.54, 1.807) is 7.11 Å². The van der Waals surface area contributed by atoms with Crippen LogP contribution >= 0.6 is 0 Å². The van der Waals surface area contributed by atoms with Crippen LogP contribution in [0.25, 0.3) is 0 Å². The molecule has 0 aromatic heterocycles. The molecule has 1 aromatic rings. The molecule has 0 radical (unpaired) electrons. The van der Waals surface area contributed by atoms with Gasteiger partial charge in [-0.1, -0.05) is 36.8 Å². The van der Waals surface area contributed by atoms with Crippen molar-refractivity contribution in [2.24, 2.45) is 5.41 Å². The van der Waals surface area contributed by atoms with Crippen molar-refractivity contribution in [3.05, 3.63) is 35.4 Å². The summed E-state index contributed by atoms with van der Waals surface area (Å²) < 4.78 is 5.32. The maximum atomic E-state index is 12.4. The van der Waals surface area contributed by atoms with Crippen LogP contribution in [0.3, 0.4) is 0 Å². The Balaban J connectivity index is 2.46. The molecule has 0 spiro atoms. The largest absolute Gasteiger partial charge is 0.384 e. The first kappa shape index (κ1) is 14.7. The van der Waals surface area contributed by atoms with E-state index in [0.29, 0.717) is 13.0 Å². The van der Waals surface area contributed by atoms with Gasteiger partial charge in [0.05, 0.1) is 12.5 Å². The summed E-state index contributed by atoms with van der Waals surface area (Å²) in [6.45, 7) is 4.42. The summed E-state index contributed by atoms with van der Waals surface area (Å²) in [5, 5.41) is 2.46. The van der Waals surface area contributed by atoms with Gasteiger partial charge in [-0.15, -0.1) is 0 Å². The number of rotatable bonds is 4. The third-order valence-corrected chi connectivity index (χ3v) is 4.20. The Kier molecular flexibility index (Phi) is 4.23. The molecule has 2 rings (SSSR count). The maximum absolute atomic E-state index is 12.4. The number of carbonyl (C=O) groups excluding carboxylic acids is 2. The fourth-order valence-electron chi connectivity index (χ4n) is 3.07. The first-order valence-electron chi connectivity index (χ1n) is 6.91. The molecule has 1 fully saturated rings. The maximum Gasteiger partial charge on any atom is 0.234 e. The van der Waals surface area contributed by atoms with Crippen LogP contribution in [0, 0.1) is 12.3 Å². The summed E-state index contributed by atoms with van der Waals surface area (Å²) in [4.78, 5) is 24.1. The van der Waals surface area contributed by atoms with Gasteiger partial charge in [0.25, 0.3) is 0 Å². The fourth-order valence-corrected chi connectivity index (χ4v) is 3.07. The molecule has 1 N–H and O–H groups in total. The summed E-state index contributed by atoms with van der Waals surface area (Å²) in [6.07, 6.45) is 1.04. The van der Waals surface area contributed by atoms with Crippen molar-refractivity contribution in [1.82, 2.24) is 5.32 Å². The first-order chi connectivity index (χ1) is 9.52. The van der Waals surface area contributed by atoms with Gasteiger partial charge < -0.3 is 4.74 Å². The van der Waals surface area contributed by atoms with Crippen molar-refractivity contribution in [3.8, 4) is 0 Å². The van der Waals surface area contributed by atoms with Crippen LogP contribution in [0.1, 0.15) is 36.8 Å². The normalized spacial score (nSPS) is 26.4. The molecule has 2 atom stereocenters. The number of amides is 2.